The molecule has 1 saturated heterocycles. The molecule has 0 aromatic carbocycles. The molecule has 8 atom stereocenters. The molecular weight excluding hydrogens is 396 g/mol. The minimum atomic E-state index is -0.891. The Kier molecular flexibility index (Phi) is 6.52. The maximum Gasteiger partial charge on any atom is 0.341 e. The lowest BCUT2D eigenvalue weighted by atomic mass is 9.63. The van der Waals surface area contributed by atoms with Gasteiger partial charge in [-0.3, -0.25) is 4.79 Å². The van der Waals surface area contributed by atoms with Crippen molar-refractivity contribution in [2.45, 2.75) is 85.2 Å². The highest BCUT2D eigenvalue weighted by Crippen LogP contribution is 2.55. The summed E-state index contributed by atoms with van der Waals surface area (Å²) in [6, 6.07) is 0. The number of carbonyl (C=O) groups excluding carboxylic acids is 3. The van der Waals surface area contributed by atoms with Crippen LogP contribution in [0.4, 0.5) is 0 Å². The van der Waals surface area contributed by atoms with Crippen molar-refractivity contribution in [3.63, 3.8) is 0 Å². The second-order valence-corrected chi connectivity index (χ2v) is 9.97. The molecule has 0 N–H and O–H groups in total. The number of Topliss-reactive ketones (excluding diaryl/α,β-unsaturated/α-hetero) is 1. The van der Waals surface area contributed by atoms with Crippen LogP contribution >= 0.6 is 0 Å². The molecule has 0 amide bonds. The van der Waals surface area contributed by atoms with Gasteiger partial charge in [-0.05, 0) is 58.8 Å². The standard InChI is InChI=1S/C25H36O6/c1-9-13(4)23(27)29-19-11-17-14(5)10-18(30-24(28)25(8)16(7)31-25)20(12(2)3)22(17)21(19)15(6)26/h9,12,16-22H,5,10-11H2,1-4,6-8H3/b13-9-/t16?,17-,18+,19-,20+,21-,22+,25?/m0/s1. The maximum absolute atomic E-state index is 12.8. The van der Waals surface area contributed by atoms with Gasteiger partial charge in [0.15, 0.2) is 5.60 Å². The zero-order chi connectivity index (χ0) is 23.2. The first-order chi connectivity index (χ1) is 14.4. The molecule has 2 unspecified atom stereocenters. The normalized spacial score (nSPS) is 39.8. The van der Waals surface area contributed by atoms with Gasteiger partial charge in [0.1, 0.15) is 18.0 Å². The van der Waals surface area contributed by atoms with Gasteiger partial charge in [0, 0.05) is 17.9 Å². The highest BCUT2D eigenvalue weighted by molar-refractivity contribution is 5.88. The van der Waals surface area contributed by atoms with Crippen molar-refractivity contribution >= 4 is 17.7 Å². The monoisotopic (exact) mass is 432 g/mol. The van der Waals surface area contributed by atoms with Crippen LogP contribution in [-0.4, -0.2) is 41.6 Å². The van der Waals surface area contributed by atoms with E-state index in [-0.39, 0.29) is 53.6 Å². The summed E-state index contributed by atoms with van der Waals surface area (Å²) in [5.74, 6) is -1.05. The molecule has 172 valence electrons. The fourth-order valence-electron chi connectivity index (χ4n) is 5.59. The van der Waals surface area contributed by atoms with Crippen LogP contribution in [0.2, 0.25) is 0 Å². The molecule has 6 heteroatoms. The Bertz CT molecular complexity index is 811. The molecule has 3 fully saturated rings. The first kappa shape index (κ1) is 23.7. The maximum atomic E-state index is 12.8. The summed E-state index contributed by atoms with van der Waals surface area (Å²) >= 11 is 0. The van der Waals surface area contributed by atoms with Crippen molar-refractivity contribution in [1.29, 1.82) is 0 Å². The number of rotatable bonds is 6. The second kappa shape index (κ2) is 8.53. The zero-order valence-electron chi connectivity index (χ0n) is 19.8. The van der Waals surface area contributed by atoms with Crippen molar-refractivity contribution < 1.29 is 28.6 Å². The number of fused-ring (bicyclic) bond motifs is 1. The Morgan fingerprint density at radius 2 is 1.81 bits per heavy atom. The Labute approximate surface area is 185 Å². The van der Waals surface area contributed by atoms with Crippen LogP contribution in [0, 0.1) is 29.6 Å². The number of ether oxygens (including phenoxy) is 3. The molecule has 1 aliphatic heterocycles. The number of hydrogen-bond donors (Lipinski definition) is 0. The van der Waals surface area contributed by atoms with Crippen LogP contribution in [0.25, 0.3) is 0 Å². The molecule has 0 bridgehead atoms. The highest BCUT2D eigenvalue weighted by atomic mass is 16.7. The second-order valence-electron chi connectivity index (χ2n) is 9.97. The van der Waals surface area contributed by atoms with E-state index in [0.29, 0.717) is 18.4 Å². The van der Waals surface area contributed by atoms with Gasteiger partial charge in [-0.2, -0.15) is 0 Å². The molecule has 2 aliphatic carbocycles. The number of ketones is 1. The topological polar surface area (TPSA) is 82.2 Å². The first-order valence-electron chi connectivity index (χ1n) is 11.3. The molecule has 3 rings (SSSR count). The van der Waals surface area contributed by atoms with Crippen LogP contribution in [0.15, 0.2) is 23.8 Å². The highest BCUT2D eigenvalue weighted by Gasteiger charge is 2.60. The van der Waals surface area contributed by atoms with Gasteiger partial charge in [-0.25, -0.2) is 9.59 Å². The fraction of sp³-hybridized carbons (Fsp3) is 0.720. The quantitative estimate of drug-likeness (QED) is 0.273. The lowest BCUT2D eigenvalue weighted by Crippen LogP contribution is -2.47. The minimum Gasteiger partial charge on any atom is -0.460 e. The Morgan fingerprint density at radius 1 is 1.19 bits per heavy atom. The van der Waals surface area contributed by atoms with Gasteiger partial charge in [-0.1, -0.05) is 32.1 Å². The third kappa shape index (κ3) is 4.23. The van der Waals surface area contributed by atoms with Crippen molar-refractivity contribution in [2.24, 2.45) is 29.6 Å². The molecule has 0 aromatic rings. The molecular formula is C25H36O6. The van der Waals surface area contributed by atoms with Gasteiger partial charge in [0.25, 0.3) is 0 Å². The number of esters is 2. The van der Waals surface area contributed by atoms with Crippen LogP contribution in [-0.2, 0) is 28.6 Å². The van der Waals surface area contributed by atoms with E-state index in [1.54, 1.807) is 33.8 Å². The van der Waals surface area contributed by atoms with Crippen molar-refractivity contribution in [3.8, 4) is 0 Å². The van der Waals surface area contributed by atoms with Crippen LogP contribution in [0.3, 0.4) is 0 Å². The van der Waals surface area contributed by atoms with Crippen LogP contribution in [0.5, 0.6) is 0 Å². The fourth-order valence-corrected chi connectivity index (χ4v) is 5.59. The lowest BCUT2D eigenvalue weighted by molar-refractivity contribution is -0.163. The van der Waals surface area contributed by atoms with E-state index < -0.39 is 17.6 Å². The van der Waals surface area contributed by atoms with Gasteiger partial charge in [0.2, 0.25) is 0 Å². The molecule has 0 aromatic heterocycles. The molecule has 0 spiro atoms. The van der Waals surface area contributed by atoms with Gasteiger partial charge in [0.05, 0.1) is 12.0 Å². The lowest BCUT2D eigenvalue weighted by Gasteiger charge is -2.44. The zero-order valence-corrected chi connectivity index (χ0v) is 19.8. The van der Waals surface area contributed by atoms with E-state index in [4.69, 9.17) is 14.2 Å². The van der Waals surface area contributed by atoms with Crippen LogP contribution < -0.4 is 0 Å². The summed E-state index contributed by atoms with van der Waals surface area (Å²) in [5, 5.41) is 0. The number of epoxide rings is 1. The molecule has 3 aliphatic rings. The number of carbonyl (C=O) groups is 3. The Morgan fingerprint density at radius 3 is 2.29 bits per heavy atom. The van der Waals surface area contributed by atoms with E-state index in [1.807, 2.05) is 6.92 Å². The van der Waals surface area contributed by atoms with E-state index in [0.717, 1.165) is 5.57 Å². The van der Waals surface area contributed by atoms with E-state index in [9.17, 15) is 14.4 Å². The smallest absolute Gasteiger partial charge is 0.341 e. The Hall–Kier alpha value is -1.95. The summed E-state index contributed by atoms with van der Waals surface area (Å²) in [5.41, 5.74) is 0.592. The van der Waals surface area contributed by atoms with Gasteiger partial charge < -0.3 is 14.2 Å². The minimum absolute atomic E-state index is 0.0000297. The largest absolute Gasteiger partial charge is 0.460 e. The SMILES string of the molecule is C=C1C[C@@H](OC(=O)C2(C)OC2C)[C@@H](C(C)C)[C@@H]2[C@@H](C(C)=O)[C@@H](OC(=O)/C(C)=C\C)C[C@@H]12. The average Bonchev–Trinajstić information content (AvgIpc) is 3.13. The molecule has 1 heterocycles. The predicted octanol–water partition coefficient (Wildman–Crippen LogP) is 4.03. The molecule has 2 saturated carbocycles. The number of allylic oxidation sites excluding steroid dienone is 1. The van der Waals surface area contributed by atoms with Crippen molar-refractivity contribution in [2.75, 3.05) is 0 Å². The van der Waals surface area contributed by atoms with Gasteiger partial charge >= 0.3 is 11.9 Å². The molecule has 6 nitrogen and oxygen atoms in total. The summed E-state index contributed by atoms with van der Waals surface area (Å²) in [6.07, 6.45) is 1.82. The summed E-state index contributed by atoms with van der Waals surface area (Å²) in [6.45, 7) is 17.1. The van der Waals surface area contributed by atoms with Crippen molar-refractivity contribution in [1.82, 2.24) is 0 Å². The van der Waals surface area contributed by atoms with Crippen molar-refractivity contribution in [3.05, 3.63) is 23.8 Å². The summed E-state index contributed by atoms with van der Waals surface area (Å²) in [7, 11) is 0. The van der Waals surface area contributed by atoms with E-state index in [1.165, 1.54) is 0 Å². The molecule has 0 radical (unpaired) electrons. The van der Waals surface area contributed by atoms with E-state index in [2.05, 4.69) is 20.4 Å². The van der Waals surface area contributed by atoms with E-state index >= 15 is 0 Å². The number of hydrogen-bond acceptors (Lipinski definition) is 6. The summed E-state index contributed by atoms with van der Waals surface area (Å²) < 4.78 is 17.2. The summed E-state index contributed by atoms with van der Waals surface area (Å²) in [4.78, 5) is 38.0. The third-order valence-corrected chi connectivity index (χ3v) is 7.68. The Balaban J connectivity index is 1.89. The third-order valence-electron chi connectivity index (χ3n) is 7.68. The van der Waals surface area contributed by atoms with Gasteiger partial charge in [-0.15, -0.1) is 0 Å². The van der Waals surface area contributed by atoms with Crippen LogP contribution in [0.1, 0.15) is 61.3 Å². The predicted molar refractivity (Wildman–Crippen MR) is 116 cm³/mol. The average molecular weight is 433 g/mol. The molecule has 31 heavy (non-hydrogen) atoms. The first-order valence-corrected chi connectivity index (χ1v) is 11.3.